The first kappa shape index (κ1) is 24.3. The van der Waals surface area contributed by atoms with Crippen molar-refractivity contribution in [2.24, 2.45) is 0 Å². The Balaban J connectivity index is 1.19. The van der Waals surface area contributed by atoms with E-state index >= 15 is 0 Å². The van der Waals surface area contributed by atoms with Crippen LogP contribution in [0, 0.1) is 0 Å². The number of hydrogen-bond acceptors (Lipinski definition) is 8. The van der Waals surface area contributed by atoms with Gasteiger partial charge in [0.05, 0.1) is 18.4 Å². The Morgan fingerprint density at radius 3 is 2.62 bits per heavy atom. The second-order valence-electron chi connectivity index (χ2n) is 8.59. The van der Waals surface area contributed by atoms with E-state index in [4.69, 9.17) is 13.9 Å². The zero-order valence-corrected chi connectivity index (χ0v) is 21.5. The third kappa shape index (κ3) is 4.95. The van der Waals surface area contributed by atoms with Crippen LogP contribution in [0.25, 0.3) is 44.6 Å². The Kier molecular flexibility index (Phi) is 6.48. The van der Waals surface area contributed by atoms with Gasteiger partial charge in [0.25, 0.3) is 5.91 Å². The fourth-order valence-electron chi connectivity index (χ4n) is 4.29. The molecule has 2 heterocycles. The first-order valence-electron chi connectivity index (χ1n) is 12.0. The summed E-state index contributed by atoms with van der Waals surface area (Å²) in [4.78, 5) is 34.8. The SMILES string of the molecule is COc1cccc(-c2csc(NC(=O)COC(=O)c3cccc4cccc(-c5nc6ccccc6o5)c34)n2)c1. The van der Waals surface area contributed by atoms with Crippen LogP contribution >= 0.6 is 11.3 Å². The molecule has 0 aliphatic carbocycles. The molecular weight excluding hydrogens is 514 g/mol. The standard InChI is InChI=1S/C30H21N3O5S/c1-36-20-10-4-9-19(15-20)24-17-39-30(32-24)33-26(34)16-37-29(35)22-12-6-8-18-7-5-11-21(27(18)22)28-31-23-13-2-3-14-25(23)38-28/h2-15,17H,16H2,1H3,(H,32,33,34). The van der Waals surface area contributed by atoms with Crippen molar-refractivity contribution in [3.8, 4) is 28.5 Å². The number of rotatable bonds is 7. The number of aromatic nitrogens is 2. The van der Waals surface area contributed by atoms with Crippen molar-refractivity contribution >= 4 is 50.2 Å². The molecule has 8 nitrogen and oxygen atoms in total. The number of esters is 1. The minimum absolute atomic E-state index is 0.313. The lowest BCUT2D eigenvalue weighted by Gasteiger charge is -2.10. The van der Waals surface area contributed by atoms with Gasteiger partial charge in [-0.05, 0) is 41.8 Å². The van der Waals surface area contributed by atoms with E-state index in [1.807, 2.05) is 78.2 Å². The van der Waals surface area contributed by atoms with Gasteiger partial charge >= 0.3 is 5.97 Å². The van der Waals surface area contributed by atoms with E-state index in [9.17, 15) is 9.59 Å². The number of para-hydroxylation sites is 2. The Morgan fingerprint density at radius 1 is 0.949 bits per heavy atom. The van der Waals surface area contributed by atoms with Gasteiger partial charge in [-0.1, -0.05) is 48.5 Å². The molecule has 192 valence electrons. The topological polar surface area (TPSA) is 104 Å². The fourth-order valence-corrected chi connectivity index (χ4v) is 5.02. The molecule has 0 aliphatic heterocycles. The number of anilines is 1. The van der Waals surface area contributed by atoms with Crippen LogP contribution in [0.1, 0.15) is 10.4 Å². The highest BCUT2D eigenvalue weighted by Gasteiger charge is 2.19. The van der Waals surface area contributed by atoms with Crippen molar-refractivity contribution in [3.05, 3.63) is 95.9 Å². The Morgan fingerprint density at radius 2 is 1.77 bits per heavy atom. The molecule has 2 aromatic heterocycles. The van der Waals surface area contributed by atoms with Gasteiger partial charge in [0.2, 0.25) is 5.89 Å². The molecule has 0 saturated heterocycles. The van der Waals surface area contributed by atoms with Gasteiger partial charge < -0.3 is 13.9 Å². The molecule has 9 heteroatoms. The molecule has 0 bridgehead atoms. The number of benzene rings is 4. The van der Waals surface area contributed by atoms with Crippen LogP contribution in [0.5, 0.6) is 5.75 Å². The van der Waals surface area contributed by atoms with E-state index in [2.05, 4.69) is 15.3 Å². The van der Waals surface area contributed by atoms with Crippen LogP contribution in [-0.4, -0.2) is 35.6 Å². The smallest absolute Gasteiger partial charge is 0.339 e. The van der Waals surface area contributed by atoms with Crippen LogP contribution in [0.4, 0.5) is 5.13 Å². The van der Waals surface area contributed by atoms with Crippen molar-refractivity contribution < 1.29 is 23.5 Å². The number of fused-ring (bicyclic) bond motifs is 2. The van der Waals surface area contributed by atoms with Crippen LogP contribution < -0.4 is 10.1 Å². The van der Waals surface area contributed by atoms with E-state index < -0.39 is 18.5 Å². The summed E-state index contributed by atoms with van der Waals surface area (Å²) in [6.07, 6.45) is 0. The number of nitrogens with zero attached hydrogens (tertiary/aromatic N) is 2. The Labute approximate surface area is 226 Å². The number of nitrogens with one attached hydrogen (secondary N) is 1. The van der Waals surface area contributed by atoms with Gasteiger partial charge in [0, 0.05) is 21.9 Å². The quantitative estimate of drug-likeness (QED) is 0.230. The zero-order valence-electron chi connectivity index (χ0n) is 20.7. The van der Waals surface area contributed by atoms with Crippen LogP contribution in [0.2, 0.25) is 0 Å². The highest BCUT2D eigenvalue weighted by Crippen LogP contribution is 2.33. The predicted molar refractivity (Wildman–Crippen MR) is 150 cm³/mol. The first-order valence-corrected chi connectivity index (χ1v) is 12.9. The van der Waals surface area contributed by atoms with Gasteiger partial charge in [0.1, 0.15) is 11.3 Å². The fraction of sp³-hybridized carbons (Fsp3) is 0.0667. The summed E-state index contributed by atoms with van der Waals surface area (Å²) in [5.74, 6) is -0.00841. The summed E-state index contributed by atoms with van der Waals surface area (Å²) in [5, 5.41) is 6.39. The van der Waals surface area contributed by atoms with E-state index in [0.717, 1.165) is 16.5 Å². The number of oxazole rings is 1. The zero-order chi connectivity index (χ0) is 26.8. The maximum Gasteiger partial charge on any atom is 0.339 e. The number of hydrogen-bond donors (Lipinski definition) is 1. The molecule has 0 aliphatic rings. The lowest BCUT2D eigenvalue weighted by atomic mass is 9.99. The van der Waals surface area contributed by atoms with Crippen molar-refractivity contribution in [2.45, 2.75) is 0 Å². The van der Waals surface area contributed by atoms with Crippen molar-refractivity contribution in [1.29, 1.82) is 0 Å². The molecule has 0 spiro atoms. The molecule has 39 heavy (non-hydrogen) atoms. The second kappa shape index (κ2) is 10.4. The van der Waals surface area contributed by atoms with Crippen molar-refractivity contribution in [2.75, 3.05) is 19.0 Å². The molecule has 1 amide bonds. The minimum atomic E-state index is -0.629. The molecular formula is C30H21N3O5S. The molecule has 0 unspecified atom stereocenters. The second-order valence-corrected chi connectivity index (χ2v) is 9.45. The first-order chi connectivity index (χ1) is 19.1. The minimum Gasteiger partial charge on any atom is -0.497 e. The molecule has 0 fully saturated rings. The Hall–Kier alpha value is -5.02. The highest BCUT2D eigenvalue weighted by molar-refractivity contribution is 7.14. The van der Waals surface area contributed by atoms with E-state index in [1.54, 1.807) is 19.2 Å². The van der Waals surface area contributed by atoms with Crippen LogP contribution in [0.3, 0.4) is 0 Å². The summed E-state index contributed by atoms with van der Waals surface area (Å²) in [6, 6.07) is 25.9. The maximum atomic E-state index is 13.1. The molecule has 0 atom stereocenters. The molecule has 0 radical (unpaired) electrons. The number of methoxy groups -OCH3 is 1. The van der Waals surface area contributed by atoms with Crippen LogP contribution in [0.15, 0.2) is 94.7 Å². The summed E-state index contributed by atoms with van der Waals surface area (Å²) in [5.41, 5.74) is 3.91. The van der Waals surface area contributed by atoms with Gasteiger partial charge in [-0.2, -0.15) is 0 Å². The number of ether oxygens (including phenoxy) is 2. The lowest BCUT2D eigenvalue weighted by Crippen LogP contribution is -2.21. The average Bonchev–Trinajstić information content (AvgIpc) is 3.62. The van der Waals surface area contributed by atoms with E-state index in [0.29, 0.717) is 44.6 Å². The maximum absolute atomic E-state index is 13.1. The van der Waals surface area contributed by atoms with Crippen LogP contribution in [-0.2, 0) is 9.53 Å². The molecule has 6 rings (SSSR count). The largest absolute Gasteiger partial charge is 0.497 e. The van der Waals surface area contributed by atoms with Crippen molar-refractivity contribution in [3.63, 3.8) is 0 Å². The molecule has 1 N–H and O–H groups in total. The monoisotopic (exact) mass is 535 g/mol. The summed E-state index contributed by atoms with van der Waals surface area (Å²) in [6.45, 7) is -0.464. The van der Waals surface area contributed by atoms with E-state index in [1.165, 1.54) is 11.3 Å². The van der Waals surface area contributed by atoms with Gasteiger partial charge in [-0.3, -0.25) is 10.1 Å². The third-order valence-electron chi connectivity index (χ3n) is 6.10. The predicted octanol–water partition coefficient (Wildman–Crippen LogP) is 6.58. The van der Waals surface area contributed by atoms with Gasteiger partial charge in [-0.25, -0.2) is 14.8 Å². The van der Waals surface area contributed by atoms with Crippen molar-refractivity contribution in [1.82, 2.24) is 9.97 Å². The summed E-state index contributed by atoms with van der Waals surface area (Å²) in [7, 11) is 1.60. The highest BCUT2D eigenvalue weighted by atomic mass is 32.1. The van der Waals surface area contributed by atoms with E-state index in [-0.39, 0.29) is 0 Å². The lowest BCUT2D eigenvalue weighted by molar-refractivity contribution is -0.119. The Bertz CT molecular complexity index is 1800. The molecule has 0 saturated carbocycles. The van der Waals surface area contributed by atoms with Gasteiger partial charge in [-0.15, -0.1) is 11.3 Å². The normalized spacial score (nSPS) is 11.0. The summed E-state index contributed by atoms with van der Waals surface area (Å²) < 4.78 is 16.6. The number of carbonyl (C=O) groups excluding carboxylic acids is 2. The molecule has 4 aromatic carbocycles. The third-order valence-corrected chi connectivity index (χ3v) is 6.86. The number of carbonyl (C=O) groups is 2. The number of amides is 1. The molecule has 6 aromatic rings. The average molecular weight is 536 g/mol. The number of thiazole rings is 1. The van der Waals surface area contributed by atoms with Gasteiger partial charge in [0.15, 0.2) is 17.3 Å². The summed E-state index contributed by atoms with van der Waals surface area (Å²) >= 11 is 1.28.